The summed E-state index contributed by atoms with van der Waals surface area (Å²) in [6.45, 7) is -0.410. The fourth-order valence-corrected chi connectivity index (χ4v) is 1.49. The lowest BCUT2D eigenvalue weighted by Gasteiger charge is -2.10. The smallest absolute Gasteiger partial charge is 0.334 e. The highest BCUT2D eigenvalue weighted by Crippen LogP contribution is 2.25. The number of benzene rings is 1. The minimum Gasteiger partial charge on any atom is -0.479 e. The van der Waals surface area contributed by atoms with Crippen molar-refractivity contribution in [1.29, 1.82) is 0 Å². The van der Waals surface area contributed by atoms with Crippen LogP contribution in [0.25, 0.3) is 0 Å². The van der Waals surface area contributed by atoms with Gasteiger partial charge in [0, 0.05) is 5.02 Å². The van der Waals surface area contributed by atoms with E-state index < -0.39 is 24.6 Å². The number of hydrogen-bond donors (Lipinski definition) is 4. The number of aliphatic carboxylic acids is 1. The minimum absolute atomic E-state index is 0.247. The van der Waals surface area contributed by atoms with Crippen LogP contribution in [0, 0.1) is 0 Å². The Morgan fingerprint density at radius 1 is 1.33 bits per heavy atom. The number of aliphatic hydroxyl groups excluding tert-OH is 1. The summed E-state index contributed by atoms with van der Waals surface area (Å²) in [5.74, 6) is -1.42. The van der Waals surface area contributed by atoms with E-state index in [0.717, 1.165) is 0 Å². The molecular weight excluding hydrogens is 283 g/mol. The number of urea groups is 1. The number of carbonyl (C=O) groups excluding carboxylic acids is 1. The van der Waals surface area contributed by atoms with Crippen molar-refractivity contribution in [2.75, 3.05) is 11.9 Å². The van der Waals surface area contributed by atoms with Gasteiger partial charge in [-0.2, -0.15) is 0 Å². The summed E-state index contributed by atoms with van der Waals surface area (Å²) in [5.41, 5.74) is 0.323. The molecule has 1 rings (SSSR count). The largest absolute Gasteiger partial charge is 0.479 e. The molecule has 0 aromatic heterocycles. The highest BCUT2D eigenvalue weighted by atomic mass is 35.5. The summed E-state index contributed by atoms with van der Waals surface area (Å²) in [6, 6.07) is 3.80. The number of carbonyl (C=O) groups is 2. The Kier molecular flexibility index (Phi) is 5.21. The van der Waals surface area contributed by atoms with E-state index >= 15 is 0 Å². The molecule has 0 radical (unpaired) electrons. The Balaban J connectivity index is 2.52. The van der Waals surface area contributed by atoms with Crippen LogP contribution in [0.3, 0.4) is 0 Å². The third kappa shape index (κ3) is 4.40. The van der Waals surface area contributed by atoms with E-state index in [9.17, 15) is 9.59 Å². The molecule has 0 bridgehead atoms. The van der Waals surface area contributed by atoms with Gasteiger partial charge in [-0.1, -0.05) is 23.2 Å². The SMILES string of the molecule is O=C(NCC(O)C(=O)O)Nc1ccc(Cl)cc1Cl. The number of carboxylic acid groups (broad SMARTS) is 1. The first-order chi connectivity index (χ1) is 8.40. The van der Waals surface area contributed by atoms with Gasteiger partial charge in [0.1, 0.15) is 0 Å². The number of rotatable bonds is 4. The molecule has 0 saturated carbocycles. The van der Waals surface area contributed by atoms with Crippen molar-refractivity contribution in [3.05, 3.63) is 28.2 Å². The number of halogens is 2. The summed E-state index contributed by atoms with van der Waals surface area (Å²) >= 11 is 11.5. The Morgan fingerprint density at radius 3 is 2.56 bits per heavy atom. The predicted octanol–water partition coefficient (Wildman–Crippen LogP) is 1.56. The van der Waals surface area contributed by atoms with Gasteiger partial charge in [-0.15, -0.1) is 0 Å². The number of aliphatic hydroxyl groups is 1. The van der Waals surface area contributed by atoms with Crippen LogP contribution in [-0.2, 0) is 4.79 Å². The molecule has 1 aromatic rings. The van der Waals surface area contributed by atoms with Gasteiger partial charge >= 0.3 is 12.0 Å². The lowest BCUT2D eigenvalue weighted by molar-refractivity contribution is -0.146. The van der Waals surface area contributed by atoms with E-state index in [1.54, 1.807) is 0 Å². The summed E-state index contributed by atoms with van der Waals surface area (Å²) in [6.07, 6.45) is -1.66. The second-order valence-electron chi connectivity index (χ2n) is 3.31. The molecule has 0 aliphatic heterocycles. The van der Waals surface area contributed by atoms with Gasteiger partial charge in [-0.3, -0.25) is 0 Å². The Morgan fingerprint density at radius 2 is 2.00 bits per heavy atom. The zero-order valence-corrected chi connectivity index (χ0v) is 10.5. The molecule has 4 N–H and O–H groups in total. The van der Waals surface area contributed by atoms with Crippen LogP contribution < -0.4 is 10.6 Å². The highest BCUT2D eigenvalue weighted by molar-refractivity contribution is 6.36. The predicted molar refractivity (Wildman–Crippen MR) is 67.1 cm³/mol. The standard InChI is InChI=1S/C10H10Cl2N2O4/c11-5-1-2-7(6(12)3-5)14-10(18)13-4-8(15)9(16)17/h1-3,8,15H,4H2,(H,16,17)(H2,13,14,18). The lowest BCUT2D eigenvalue weighted by Crippen LogP contribution is -2.38. The molecule has 0 fully saturated rings. The van der Waals surface area contributed by atoms with Gasteiger partial charge in [-0.05, 0) is 18.2 Å². The van der Waals surface area contributed by atoms with E-state index in [0.29, 0.717) is 10.7 Å². The summed E-state index contributed by atoms with van der Waals surface area (Å²) < 4.78 is 0. The first kappa shape index (κ1) is 14.6. The summed E-state index contributed by atoms with van der Waals surface area (Å²) in [7, 11) is 0. The van der Waals surface area contributed by atoms with Crippen molar-refractivity contribution in [2.45, 2.75) is 6.10 Å². The normalized spacial score (nSPS) is 11.7. The molecular formula is C10H10Cl2N2O4. The molecule has 6 nitrogen and oxygen atoms in total. The number of hydrogen-bond acceptors (Lipinski definition) is 3. The molecule has 0 aliphatic carbocycles. The van der Waals surface area contributed by atoms with Gasteiger partial charge in [-0.25, -0.2) is 9.59 Å². The van der Waals surface area contributed by atoms with Gasteiger partial charge in [0.2, 0.25) is 0 Å². The molecule has 0 spiro atoms. The second kappa shape index (κ2) is 6.44. The van der Waals surface area contributed by atoms with E-state index in [2.05, 4.69) is 10.6 Å². The van der Waals surface area contributed by atoms with E-state index in [-0.39, 0.29) is 5.02 Å². The quantitative estimate of drug-likeness (QED) is 0.677. The Hall–Kier alpha value is -1.50. The molecule has 1 unspecified atom stereocenters. The summed E-state index contributed by atoms with van der Waals surface area (Å²) in [5, 5.41) is 22.6. The van der Waals surface area contributed by atoms with Gasteiger partial charge < -0.3 is 20.8 Å². The van der Waals surface area contributed by atoms with E-state index in [4.69, 9.17) is 33.4 Å². The second-order valence-corrected chi connectivity index (χ2v) is 4.16. The van der Waals surface area contributed by atoms with Crippen LogP contribution >= 0.6 is 23.2 Å². The van der Waals surface area contributed by atoms with Crippen LogP contribution in [0.2, 0.25) is 10.0 Å². The fourth-order valence-electron chi connectivity index (χ4n) is 1.03. The maximum Gasteiger partial charge on any atom is 0.334 e. The molecule has 1 aromatic carbocycles. The average Bonchev–Trinajstić information content (AvgIpc) is 2.29. The third-order valence-corrected chi connectivity index (χ3v) is 2.47. The van der Waals surface area contributed by atoms with Gasteiger partial charge in [0.25, 0.3) is 0 Å². The maximum atomic E-state index is 11.4. The van der Waals surface area contributed by atoms with Crippen molar-refractivity contribution in [3.8, 4) is 0 Å². The molecule has 98 valence electrons. The van der Waals surface area contributed by atoms with Crippen molar-refractivity contribution in [2.24, 2.45) is 0 Å². The molecule has 2 amide bonds. The molecule has 0 heterocycles. The third-order valence-electron chi connectivity index (χ3n) is 1.92. The first-order valence-electron chi connectivity index (χ1n) is 4.81. The number of nitrogens with one attached hydrogen (secondary N) is 2. The lowest BCUT2D eigenvalue weighted by atomic mass is 10.3. The fraction of sp³-hybridized carbons (Fsp3) is 0.200. The Labute approximate surface area is 113 Å². The van der Waals surface area contributed by atoms with E-state index in [1.807, 2.05) is 0 Å². The van der Waals surface area contributed by atoms with Crippen LogP contribution in [-0.4, -0.2) is 34.9 Å². The zero-order valence-electron chi connectivity index (χ0n) is 8.98. The Bertz CT molecular complexity index is 467. The number of carboxylic acids is 1. The van der Waals surface area contributed by atoms with E-state index in [1.165, 1.54) is 18.2 Å². The molecule has 18 heavy (non-hydrogen) atoms. The molecule has 0 aliphatic rings. The maximum absolute atomic E-state index is 11.4. The number of anilines is 1. The molecule has 0 saturated heterocycles. The summed E-state index contributed by atoms with van der Waals surface area (Å²) in [4.78, 5) is 21.7. The topological polar surface area (TPSA) is 98.7 Å². The first-order valence-corrected chi connectivity index (χ1v) is 5.56. The highest BCUT2D eigenvalue weighted by Gasteiger charge is 2.14. The zero-order chi connectivity index (χ0) is 13.7. The average molecular weight is 293 g/mol. The van der Waals surface area contributed by atoms with Crippen LogP contribution in [0.5, 0.6) is 0 Å². The van der Waals surface area contributed by atoms with Crippen molar-refractivity contribution in [3.63, 3.8) is 0 Å². The van der Waals surface area contributed by atoms with Crippen LogP contribution in [0.4, 0.5) is 10.5 Å². The van der Waals surface area contributed by atoms with Crippen molar-refractivity contribution >= 4 is 40.9 Å². The van der Waals surface area contributed by atoms with Gasteiger partial charge in [0.15, 0.2) is 6.10 Å². The molecule has 1 atom stereocenters. The van der Waals surface area contributed by atoms with Crippen molar-refractivity contribution < 1.29 is 19.8 Å². The number of amides is 2. The van der Waals surface area contributed by atoms with Crippen LogP contribution in [0.15, 0.2) is 18.2 Å². The molecule has 8 heteroatoms. The van der Waals surface area contributed by atoms with Crippen LogP contribution in [0.1, 0.15) is 0 Å². The van der Waals surface area contributed by atoms with Gasteiger partial charge in [0.05, 0.1) is 17.3 Å². The van der Waals surface area contributed by atoms with Crippen molar-refractivity contribution in [1.82, 2.24) is 5.32 Å². The monoisotopic (exact) mass is 292 g/mol. The minimum atomic E-state index is -1.66.